The molecular weight excluding hydrogens is 911 g/mol. The Morgan fingerprint density at radius 1 is 0.365 bits per heavy atom. The fourth-order valence-corrected chi connectivity index (χ4v) is 10.9. The van der Waals surface area contributed by atoms with E-state index in [1.54, 1.807) is 0 Å². The number of ether oxygens (including phenoxy) is 1. The summed E-state index contributed by atoms with van der Waals surface area (Å²) in [5.41, 5.74) is 0. The third-order valence-corrected chi connectivity index (χ3v) is 16.1. The third-order valence-electron chi connectivity index (χ3n) is 16.1. The van der Waals surface area contributed by atoms with Crippen LogP contribution < -0.4 is 5.32 Å². The van der Waals surface area contributed by atoms with Gasteiger partial charge in [0, 0.05) is 12.8 Å². The monoisotopic (exact) mass is 1040 g/mol. The normalized spacial score (nSPS) is 12.5. The van der Waals surface area contributed by atoms with Crippen LogP contribution in [0.2, 0.25) is 0 Å². The minimum Gasteiger partial charge on any atom is -0.466 e. The summed E-state index contributed by atoms with van der Waals surface area (Å²) in [5.74, 6) is -0.0276. The van der Waals surface area contributed by atoms with Gasteiger partial charge in [-0.1, -0.05) is 334 Å². The molecule has 0 heterocycles. The predicted octanol–water partition coefficient (Wildman–Crippen LogP) is 21.6. The van der Waals surface area contributed by atoms with Crippen molar-refractivity contribution < 1.29 is 24.5 Å². The second-order valence-corrected chi connectivity index (χ2v) is 23.5. The highest BCUT2D eigenvalue weighted by atomic mass is 16.5. The maximum Gasteiger partial charge on any atom is 0.305 e. The number of rotatable bonds is 64. The van der Waals surface area contributed by atoms with Gasteiger partial charge < -0.3 is 20.3 Å². The number of hydrogen-bond donors (Lipinski definition) is 3. The fourth-order valence-electron chi connectivity index (χ4n) is 10.9. The number of unbranched alkanes of at least 4 members (excludes halogenated alkanes) is 51. The molecule has 0 aromatic carbocycles. The zero-order chi connectivity index (χ0) is 53.6. The number of aliphatic hydroxyl groups is 2. The molecule has 0 aliphatic carbocycles. The van der Waals surface area contributed by atoms with Gasteiger partial charge >= 0.3 is 5.97 Å². The Morgan fingerprint density at radius 2 is 0.635 bits per heavy atom. The first-order chi connectivity index (χ1) is 36.5. The van der Waals surface area contributed by atoms with Crippen LogP contribution in [0, 0.1) is 0 Å². The number of carbonyl (C=O) groups excluding carboxylic acids is 2. The van der Waals surface area contributed by atoms with Gasteiger partial charge in [0.15, 0.2) is 0 Å². The minimum atomic E-state index is -0.670. The Kier molecular flexibility index (Phi) is 62.9. The molecule has 3 N–H and O–H groups in total. The molecular formula is C68H133NO5. The summed E-state index contributed by atoms with van der Waals surface area (Å²) < 4.78 is 5.50. The van der Waals surface area contributed by atoms with E-state index in [0.29, 0.717) is 25.9 Å². The van der Waals surface area contributed by atoms with Gasteiger partial charge in [-0.2, -0.15) is 0 Å². The molecule has 0 radical (unpaired) electrons. The molecule has 0 spiro atoms. The van der Waals surface area contributed by atoms with Crippen LogP contribution in [0.5, 0.6) is 0 Å². The lowest BCUT2D eigenvalue weighted by molar-refractivity contribution is -0.143. The summed E-state index contributed by atoms with van der Waals surface area (Å²) in [7, 11) is 0. The highest BCUT2D eigenvalue weighted by molar-refractivity contribution is 5.76. The van der Waals surface area contributed by atoms with Crippen LogP contribution in [-0.4, -0.2) is 47.4 Å². The van der Waals surface area contributed by atoms with E-state index >= 15 is 0 Å². The lowest BCUT2D eigenvalue weighted by atomic mass is 10.0. The van der Waals surface area contributed by atoms with E-state index in [1.807, 2.05) is 0 Å². The number of esters is 1. The largest absolute Gasteiger partial charge is 0.466 e. The standard InChI is InChI=1S/C68H133NO5/c1-3-5-7-9-11-13-15-17-19-21-25-30-34-38-42-46-50-54-58-62-68(73)74-63-59-55-51-47-43-39-35-31-27-24-23-26-29-33-37-41-45-49-53-57-61-67(72)69-65(64-70)66(71)60-56-52-48-44-40-36-32-28-22-20-18-16-14-12-10-8-6-4-2/h23,26,65-66,70-71H,3-22,24-25,27-64H2,1-2H3,(H,69,72)/b26-23-. The molecule has 0 aliphatic rings. The Bertz CT molecular complexity index is 1110. The van der Waals surface area contributed by atoms with Gasteiger partial charge in [0.25, 0.3) is 0 Å². The quantitative estimate of drug-likeness (QED) is 0.0320. The number of aliphatic hydroxyl groups excluding tert-OH is 2. The molecule has 1 amide bonds. The summed E-state index contributed by atoms with van der Waals surface area (Å²) in [4.78, 5) is 24.6. The predicted molar refractivity (Wildman–Crippen MR) is 324 cm³/mol. The Labute approximate surface area is 463 Å². The van der Waals surface area contributed by atoms with Gasteiger partial charge in [-0.25, -0.2) is 0 Å². The molecule has 0 saturated carbocycles. The van der Waals surface area contributed by atoms with Crippen molar-refractivity contribution in [2.75, 3.05) is 13.2 Å². The van der Waals surface area contributed by atoms with Crippen LogP contribution in [0.15, 0.2) is 12.2 Å². The van der Waals surface area contributed by atoms with Crippen molar-refractivity contribution in [1.82, 2.24) is 5.32 Å². The second-order valence-electron chi connectivity index (χ2n) is 23.5. The molecule has 0 aromatic rings. The average molecular weight is 1040 g/mol. The van der Waals surface area contributed by atoms with Gasteiger partial charge in [0.1, 0.15) is 0 Å². The SMILES string of the molecule is CCCCCCCCCCCCCCCCCCCCCC(=O)OCCCCCCCCCCC/C=C\CCCCCCCCCC(=O)NC(CO)C(O)CCCCCCCCCCCCCCCCCCCC. The summed E-state index contributed by atoms with van der Waals surface area (Å²) in [5, 5.41) is 23.4. The van der Waals surface area contributed by atoms with Gasteiger partial charge in [-0.15, -0.1) is 0 Å². The van der Waals surface area contributed by atoms with E-state index in [9.17, 15) is 19.8 Å². The highest BCUT2D eigenvalue weighted by Gasteiger charge is 2.20. The van der Waals surface area contributed by atoms with Crippen molar-refractivity contribution >= 4 is 11.9 Å². The number of hydrogen-bond acceptors (Lipinski definition) is 5. The van der Waals surface area contributed by atoms with E-state index in [-0.39, 0.29) is 18.5 Å². The summed E-state index contributed by atoms with van der Waals surface area (Å²) >= 11 is 0. The maximum atomic E-state index is 12.5. The summed E-state index contributed by atoms with van der Waals surface area (Å²) in [6.45, 7) is 4.99. The zero-order valence-corrected chi connectivity index (χ0v) is 50.4. The lowest BCUT2D eigenvalue weighted by Crippen LogP contribution is -2.45. The van der Waals surface area contributed by atoms with E-state index in [4.69, 9.17) is 4.74 Å². The Balaban J connectivity index is 3.40. The van der Waals surface area contributed by atoms with Gasteiger partial charge in [-0.05, 0) is 51.4 Å². The summed E-state index contributed by atoms with van der Waals surface area (Å²) in [6.07, 6.45) is 78.1. The second kappa shape index (κ2) is 64.1. The third kappa shape index (κ3) is 59.8. The van der Waals surface area contributed by atoms with E-state index < -0.39 is 12.1 Å². The van der Waals surface area contributed by atoms with Gasteiger partial charge in [0.05, 0.1) is 25.4 Å². The van der Waals surface area contributed by atoms with Crippen molar-refractivity contribution in [3.05, 3.63) is 12.2 Å². The van der Waals surface area contributed by atoms with Crippen molar-refractivity contribution in [2.24, 2.45) is 0 Å². The molecule has 2 unspecified atom stereocenters. The first-order valence-electron chi connectivity index (χ1n) is 33.9. The van der Waals surface area contributed by atoms with E-state index in [0.717, 1.165) is 38.5 Å². The maximum absolute atomic E-state index is 12.5. The zero-order valence-electron chi connectivity index (χ0n) is 50.4. The molecule has 0 aliphatic heterocycles. The van der Waals surface area contributed by atoms with Crippen LogP contribution in [0.1, 0.15) is 386 Å². The first-order valence-corrected chi connectivity index (χ1v) is 33.9. The van der Waals surface area contributed by atoms with Crippen LogP contribution >= 0.6 is 0 Å². The number of amides is 1. The molecule has 6 heteroatoms. The van der Waals surface area contributed by atoms with Crippen LogP contribution in [-0.2, 0) is 14.3 Å². The van der Waals surface area contributed by atoms with Crippen LogP contribution in [0.4, 0.5) is 0 Å². The van der Waals surface area contributed by atoms with Crippen molar-refractivity contribution in [2.45, 2.75) is 398 Å². The molecule has 6 nitrogen and oxygen atoms in total. The smallest absolute Gasteiger partial charge is 0.305 e. The number of nitrogens with one attached hydrogen (secondary N) is 1. The molecule has 2 atom stereocenters. The Hall–Kier alpha value is -1.40. The first kappa shape index (κ1) is 72.6. The molecule has 0 bridgehead atoms. The number of allylic oxidation sites excluding steroid dienone is 2. The summed E-state index contributed by atoms with van der Waals surface area (Å²) in [6, 6.07) is -0.548. The lowest BCUT2D eigenvalue weighted by Gasteiger charge is -2.22. The van der Waals surface area contributed by atoms with Gasteiger partial charge in [-0.3, -0.25) is 9.59 Å². The molecule has 0 fully saturated rings. The minimum absolute atomic E-state index is 0.0122. The number of carbonyl (C=O) groups is 2. The van der Waals surface area contributed by atoms with E-state index in [1.165, 1.54) is 315 Å². The molecule has 0 rings (SSSR count). The average Bonchev–Trinajstić information content (AvgIpc) is 3.40. The van der Waals surface area contributed by atoms with Crippen molar-refractivity contribution in [3.8, 4) is 0 Å². The molecule has 0 saturated heterocycles. The van der Waals surface area contributed by atoms with Crippen LogP contribution in [0.25, 0.3) is 0 Å². The topological polar surface area (TPSA) is 95.9 Å². The van der Waals surface area contributed by atoms with E-state index in [2.05, 4.69) is 31.3 Å². The van der Waals surface area contributed by atoms with Crippen LogP contribution in [0.3, 0.4) is 0 Å². The van der Waals surface area contributed by atoms with Crippen molar-refractivity contribution in [3.63, 3.8) is 0 Å². The van der Waals surface area contributed by atoms with Gasteiger partial charge in [0.2, 0.25) is 5.91 Å². The fraction of sp³-hybridized carbons (Fsp3) is 0.941. The molecule has 440 valence electrons. The molecule has 74 heavy (non-hydrogen) atoms. The highest BCUT2D eigenvalue weighted by Crippen LogP contribution is 2.19. The molecule has 0 aromatic heterocycles. The Morgan fingerprint density at radius 3 is 0.959 bits per heavy atom. The van der Waals surface area contributed by atoms with Crippen molar-refractivity contribution in [1.29, 1.82) is 0 Å².